The van der Waals surface area contributed by atoms with E-state index in [2.05, 4.69) is 46.4 Å². The molecule has 1 aromatic heterocycles. The molecule has 0 radical (unpaired) electrons. The minimum Gasteiger partial charge on any atom is -0.495 e. The van der Waals surface area contributed by atoms with Crippen molar-refractivity contribution in [3.8, 4) is 5.75 Å². The maximum atomic E-state index is 6.29. The molecule has 122 valence electrons. The lowest BCUT2D eigenvalue weighted by atomic mass is 10.2. The molecule has 0 saturated carbocycles. The van der Waals surface area contributed by atoms with Crippen molar-refractivity contribution < 1.29 is 4.74 Å². The molecule has 1 fully saturated rings. The zero-order chi connectivity index (χ0) is 16.0. The fourth-order valence-corrected chi connectivity index (χ4v) is 4.55. The normalized spacial score (nSPS) is 21.3. The number of hydrogen-bond donors (Lipinski definition) is 2. The number of ether oxygens (including phenoxy) is 1. The molecule has 2 aromatic rings. The highest BCUT2D eigenvalue weighted by Crippen LogP contribution is 2.40. The molecule has 3 N–H and O–H groups in total. The number of aryl methyl sites for hydroxylation is 1. The van der Waals surface area contributed by atoms with Crippen LogP contribution in [-0.4, -0.2) is 37.8 Å². The summed E-state index contributed by atoms with van der Waals surface area (Å²) in [6.07, 6.45) is 3.27. The van der Waals surface area contributed by atoms with Gasteiger partial charge in [-0.05, 0) is 43.0 Å². The lowest BCUT2D eigenvalue weighted by Gasteiger charge is -2.25. The van der Waals surface area contributed by atoms with Crippen molar-refractivity contribution in [2.24, 2.45) is 5.73 Å². The number of methoxy groups -OCH3 is 1. The Bertz CT molecular complexity index is 763. The van der Waals surface area contributed by atoms with Gasteiger partial charge in [-0.1, -0.05) is 6.07 Å². The van der Waals surface area contributed by atoms with E-state index in [-0.39, 0.29) is 0 Å². The molecule has 2 aliphatic rings. The van der Waals surface area contributed by atoms with Gasteiger partial charge >= 0.3 is 0 Å². The second-order valence-electron chi connectivity index (χ2n) is 6.25. The Morgan fingerprint density at radius 1 is 1.35 bits per heavy atom. The average Bonchev–Trinajstić information content (AvgIpc) is 3.23. The lowest BCUT2D eigenvalue weighted by molar-refractivity contribution is 0.315. The van der Waals surface area contributed by atoms with Gasteiger partial charge in [-0.3, -0.25) is 0 Å². The van der Waals surface area contributed by atoms with Crippen molar-refractivity contribution in [3.63, 3.8) is 0 Å². The minimum absolute atomic E-state index is 0.546. The molecule has 6 heteroatoms. The molecule has 2 aliphatic heterocycles. The van der Waals surface area contributed by atoms with Crippen LogP contribution in [0.25, 0.3) is 10.1 Å². The van der Waals surface area contributed by atoms with Crippen LogP contribution in [-0.2, 0) is 0 Å². The van der Waals surface area contributed by atoms with Gasteiger partial charge in [0.05, 0.1) is 23.5 Å². The maximum absolute atomic E-state index is 6.29. The maximum Gasteiger partial charge on any atom is 0.136 e. The van der Waals surface area contributed by atoms with Gasteiger partial charge in [-0.2, -0.15) is 0 Å². The first kappa shape index (κ1) is 14.7. The van der Waals surface area contributed by atoms with Crippen LogP contribution in [0.2, 0.25) is 0 Å². The van der Waals surface area contributed by atoms with Gasteiger partial charge < -0.3 is 25.6 Å². The molecular weight excluding hydrogens is 308 g/mol. The van der Waals surface area contributed by atoms with Gasteiger partial charge in [-0.15, -0.1) is 11.3 Å². The number of hydrogen-bond acceptors (Lipinski definition) is 6. The number of anilines is 1. The van der Waals surface area contributed by atoms with Crippen molar-refractivity contribution >= 4 is 26.4 Å². The summed E-state index contributed by atoms with van der Waals surface area (Å²) in [7, 11) is 1.73. The second kappa shape index (κ2) is 5.62. The molecular formula is C17H22N4OS. The van der Waals surface area contributed by atoms with Crippen LogP contribution in [0.15, 0.2) is 30.2 Å². The lowest BCUT2D eigenvalue weighted by Crippen LogP contribution is -2.36. The number of fused-ring (bicyclic) bond motifs is 1. The topological polar surface area (TPSA) is 53.8 Å². The fraction of sp³-hybridized carbons (Fsp3) is 0.412. The van der Waals surface area contributed by atoms with Crippen LogP contribution in [0.1, 0.15) is 12.0 Å². The van der Waals surface area contributed by atoms with Crippen LogP contribution < -0.4 is 20.7 Å². The Kier molecular flexibility index (Phi) is 3.58. The van der Waals surface area contributed by atoms with Gasteiger partial charge in [0.25, 0.3) is 0 Å². The summed E-state index contributed by atoms with van der Waals surface area (Å²) in [6.45, 7) is 5.05. The molecule has 0 aliphatic carbocycles. The van der Waals surface area contributed by atoms with Crippen molar-refractivity contribution in [1.29, 1.82) is 0 Å². The van der Waals surface area contributed by atoms with Crippen LogP contribution >= 0.6 is 11.3 Å². The van der Waals surface area contributed by atoms with Gasteiger partial charge in [0, 0.05) is 18.8 Å². The summed E-state index contributed by atoms with van der Waals surface area (Å²) in [4.78, 5) is 4.54. The quantitative estimate of drug-likeness (QED) is 0.905. The molecule has 0 unspecified atom stereocenters. The second-order valence-corrected chi connectivity index (χ2v) is 7.29. The number of rotatable bonds is 3. The standard InChI is InChI=1S/C17H22N4OS/c1-11-5-12-7-16(23-17(12)14(6-11)22-2)21-10-20(9-15(21)18)13-3-4-19-8-13/h5-7,9,13,19H,3-4,8,10,18H2,1-2H3/t13-/m0/s1. The van der Waals surface area contributed by atoms with E-state index in [0.717, 1.165) is 31.3 Å². The smallest absolute Gasteiger partial charge is 0.136 e. The van der Waals surface area contributed by atoms with Gasteiger partial charge in [0.1, 0.15) is 11.6 Å². The Hall–Kier alpha value is -1.92. The number of thiophene rings is 1. The van der Waals surface area contributed by atoms with Gasteiger partial charge in [-0.25, -0.2) is 0 Å². The van der Waals surface area contributed by atoms with Crippen molar-refractivity contribution in [2.75, 3.05) is 31.8 Å². The molecule has 0 amide bonds. The zero-order valence-corrected chi connectivity index (χ0v) is 14.3. The molecule has 0 spiro atoms. The fourth-order valence-electron chi connectivity index (χ4n) is 3.40. The van der Waals surface area contributed by atoms with Crippen LogP contribution in [0, 0.1) is 6.92 Å². The number of nitrogens with zero attached hydrogens (tertiary/aromatic N) is 2. The Morgan fingerprint density at radius 3 is 2.96 bits per heavy atom. The van der Waals surface area contributed by atoms with Gasteiger partial charge in [0.15, 0.2) is 0 Å². The monoisotopic (exact) mass is 330 g/mol. The van der Waals surface area contributed by atoms with E-state index in [1.807, 2.05) is 0 Å². The van der Waals surface area contributed by atoms with E-state index in [1.165, 1.54) is 27.1 Å². The highest BCUT2D eigenvalue weighted by Gasteiger charge is 2.28. The number of nitrogens with one attached hydrogen (secondary N) is 1. The Morgan fingerprint density at radius 2 is 2.22 bits per heavy atom. The molecule has 5 nitrogen and oxygen atoms in total. The SMILES string of the molecule is COc1cc(C)cc2cc(N3CN([C@H]4CCNC4)C=C3N)sc12. The summed E-state index contributed by atoms with van der Waals surface area (Å²) < 4.78 is 6.72. The van der Waals surface area contributed by atoms with E-state index in [4.69, 9.17) is 10.5 Å². The molecule has 1 saturated heterocycles. The molecule has 1 atom stereocenters. The first-order valence-electron chi connectivity index (χ1n) is 7.95. The van der Waals surface area contributed by atoms with Crippen LogP contribution in [0.5, 0.6) is 5.75 Å². The van der Waals surface area contributed by atoms with Crippen LogP contribution in [0.3, 0.4) is 0 Å². The summed E-state index contributed by atoms with van der Waals surface area (Å²) in [5.41, 5.74) is 7.50. The first-order valence-corrected chi connectivity index (χ1v) is 8.77. The predicted octanol–water partition coefficient (Wildman–Crippen LogP) is 2.42. The summed E-state index contributed by atoms with van der Waals surface area (Å²) >= 11 is 1.74. The van der Waals surface area contributed by atoms with E-state index >= 15 is 0 Å². The Balaban J connectivity index is 1.66. The van der Waals surface area contributed by atoms with Crippen molar-refractivity contribution in [3.05, 3.63) is 35.8 Å². The third-order valence-corrected chi connectivity index (χ3v) is 5.81. The zero-order valence-electron chi connectivity index (χ0n) is 13.5. The third-order valence-electron chi connectivity index (χ3n) is 4.62. The number of nitrogens with two attached hydrogens (primary N) is 1. The van der Waals surface area contributed by atoms with E-state index in [9.17, 15) is 0 Å². The largest absolute Gasteiger partial charge is 0.495 e. The summed E-state index contributed by atoms with van der Waals surface area (Å²) in [6, 6.07) is 7.05. The number of benzene rings is 1. The molecule has 1 aromatic carbocycles. The first-order chi connectivity index (χ1) is 11.2. The van der Waals surface area contributed by atoms with Crippen molar-refractivity contribution in [1.82, 2.24) is 10.2 Å². The highest BCUT2D eigenvalue weighted by molar-refractivity contribution is 7.23. The summed E-state index contributed by atoms with van der Waals surface area (Å²) in [5, 5.41) is 5.81. The predicted molar refractivity (Wildman–Crippen MR) is 95.8 cm³/mol. The van der Waals surface area contributed by atoms with Gasteiger partial charge in [0.2, 0.25) is 0 Å². The molecule has 23 heavy (non-hydrogen) atoms. The Labute approximate surface area is 140 Å². The van der Waals surface area contributed by atoms with E-state index in [0.29, 0.717) is 6.04 Å². The summed E-state index contributed by atoms with van der Waals surface area (Å²) in [5.74, 6) is 1.76. The van der Waals surface area contributed by atoms with Crippen molar-refractivity contribution in [2.45, 2.75) is 19.4 Å². The molecule has 3 heterocycles. The van der Waals surface area contributed by atoms with E-state index < -0.39 is 0 Å². The average molecular weight is 330 g/mol. The van der Waals surface area contributed by atoms with Crippen LogP contribution in [0.4, 0.5) is 5.00 Å². The highest BCUT2D eigenvalue weighted by atomic mass is 32.1. The molecule has 0 bridgehead atoms. The minimum atomic E-state index is 0.546. The van der Waals surface area contributed by atoms with E-state index in [1.54, 1.807) is 18.4 Å². The molecule has 4 rings (SSSR count). The third kappa shape index (κ3) is 2.52.